The lowest BCUT2D eigenvalue weighted by atomic mass is 9.97. The highest BCUT2D eigenvalue weighted by molar-refractivity contribution is 7.52. The van der Waals surface area contributed by atoms with Crippen LogP contribution in [0.4, 0.5) is 0 Å². The van der Waals surface area contributed by atoms with E-state index in [0.29, 0.717) is 0 Å². The van der Waals surface area contributed by atoms with Gasteiger partial charge in [0.05, 0.1) is 18.0 Å². The molecule has 0 aliphatic heterocycles. The third-order valence-electron chi connectivity index (χ3n) is 2.27. The van der Waals surface area contributed by atoms with E-state index in [1.165, 1.54) is 0 Å². The summed E-state index contributed by atoms with van der Waals surface area (Å²) in [7, 11) is -4.95. The maximum atomic E-state index is 11.1. The van der Waals surface area contributed by atoms with Crippen molar-refractivity contribution in [2.45, 2.75) is 24.9 Å². The first-order chi connectivity index (χ1) is 8.05. The number of carboxylic acid groups (broad SMARTS) is 3. The Morgan fingerprint density at radius 1 is 1.00 bits per heavy atom. The summed E-state index contributed by atoms with van der Waals surface area (Å²) in [5.74, 6) is -6.25. The summed E-state index contributed by atoms with van der Waals surface area (Å²) in [6.45, 7) is 0. The molecule has 9 nitrogen and oxygen atoms in total. The average molecular weight is 284 g/mol. The number of aliphatic carboxylic acids is 3. The molecule has 0 spiro atoms. The second-order valence-corrected chi connectivity index (χ2v) is 5.47. The van der Waals surface area contributed by atoms with E-state index in [-0.39, 0.29) is 0 Å². The van der Waals surface area contributed by atoms with Crippen LogP contribution in [0.25, 0.3) is 0 Å². The largest absolute Gasteiger partial charge is 0.481 e. The first kappa shape index (κ1) is 16.6. The molecular formula is C8H13O9P. The summed E-state index contributed by atoms with van der Waals surface area (Å²) < 4.78 is 11.1. The predicted molar refractivity (Wildman–Crippen MR) is 56.1 cm³/mol. The molecule has 5 N–H and O–H groups in total. The summed E-state index contributed by atoms with van der Waals surface area (Å²) >= 11 is 0. The van der Waals surface area contributed by atoms with Gasteiger partial charge in [-0.2, -0.15) is 0 Å². The minimum Gasteiger partial charge on any atom is -0.481 e. The molecule has 2 unspecified atom stereocenters. The molecule has 0 rings (SSSR count). The molecule has 2 atom stereocenters. The van der Waals surface area contributed by atoms with Gasteiger partial charge in [0.1, 0.15) is 0 Å². The van der Waals surface area contributed by atoms with Crippen LogP contribution in [0.3, 0.4) is 0 Å². The minimum atomic E-state index is -4.95. The average Bonchev–Trinajstić information content (AvgIpc) is 2.13. The fraction of sp³-hybridized carbons (Fsp3) is 0.625. The van der Waals surface area contributed by atoms with Crippen LogP contribution < -0.4 is 0 Å². The number of rotatable bonds is 8. The van der Waals surface area contributed by atoms with Gasteiger partial charge in [0.15, 0.2) is 0 Å². The predicted octanol–water partition coefficient (Wildman–Crippen LogP) is -0.427. The monoisotopic (exact) mass is 284 g/mol. The minimum absolute atomic E-state index is 0.548. The van der Waals surface area contributed by atoms with E-state index in [0.717, 1.165) is 0 Å². The van der Waals surface area contributed by atoms with Gasteiger partial charge in [-0.25, -0.2) is 0 Å². The second kappa shape index (κ2) is 6.48. The van der Waals surface area contributed by atoms with Crippen molar-refractivity contribution < 1.29 is 44.1 Å². The maximum absolute atomic E-state index is 11.1. The molecule has 0 aliphatic rings. The van der Waals surface area contributed by atoms with Crippen molar-refractivity contribution in [2.24, 2.45) is 5.92 Å². The second-order valence-electron chi connectivity index (χ2n) is 3.63. The molecule has 0 fully saturated rings. The van der Waals surface area contributed by atoms with Crippen molar-refractivity contribution in [1.82, 2.24) is 0 Å². The van der Waals surface area contributed by atoms with Crippen molar-refractivity contribution >= 4 is 25.5 Å². The smallest absolute Gasteiger partial charge is 0.330 e. The number of carboxylic acids is 3. The zero-order valence-electron chi connectivity index (χ0n) is 9.09. The topological polar surface area (TPSA) is 169 Å². The van der Waals surface area contributed by atoms with Gasteiger partial charge < -0.3 is 25.1 Å². The lowest BCUT2D eigenvalue weighted by Crippen LogP contribution is -2.31. The van der Waals surface area contributed by atoms with Crippen LogP contribution >= 0.6 is 7.60 Å². The highest BCUT2D eigenvalue weighted by Crippen LogP contribution is 2.47. The third kappa shape index (κ3) is 5.76. The van der Waals surface area contributed by atoms with E-state index in [4.69, 9.17) is 25.1 Å². The van der Waals surface area contributed by atoms with Gasteiger partial charge in [-0.05, 0) is 6.42 Å². The Kier molecular flexibility index (Phi) is 5.96. The van der Waals surface area contributed by atoms with Gasteiger partial charge in [0, 0.05) is 6.42 Å². The lowest BCUT2D eigenvalue weighted by Gasteiger charge is -2.22. The molecule has 18 heavy (non-hydrogen) atoms. The molecule has 10 heteroatoms. The van der Waals surface area contributed by atoms with Gasteiger partial charge in [-0.1, -0.05) is 0 Å². The molecular weight excluding hydrogens is 271 g/mol. The van der Waals surface area contributed by atoms with Crippen LogP contribution in [0.15, 0.2) is 0 Å². The van der Waals surface area contributed by atoms with Crippen LogP contribution in [0, 0.1) is 5.92 Å². The van der Waals surface area contributed by atoms with Crippen molar-refractivity contribution in [2.75, 3.05) is 0 Å². The van der Waals surface area contributed by atoms with E-state index >= 15 is 0 Å². The van der Waals surface area contributed by atoms with Crippen molar-refractivity contribution in [1.29, 1.82) is 0 Å². The van der Waals surface area contributed by atoms with Crippen LogP contribution in [-0.4, -0.2) is 48.7 Å². The summed E-state index contributed by atoms with van der Waals surface area (Å²) in [6.07, 6.45) is -2.21. The van der Waals surface area contributed by atoms with E-state index in [1.807, 2.05) is 0 Å². The molecule has 104 valence electrons. The molecule has 0 bridgehead atoms. The maximum Gasteiger partial charge on any atom is 0.330 e. The quantitative estimate of drug-likeness (QED) is 0.371. The first-order valence-electron chi connectivity index (χ1n) is 4.77. The molecule has 0 saturated carbocycles. The van der Waals surface area contributed by atoms with Crippen LogP contribution in [0.5, 0.6) is 0 Å². The summed E-state index contributed by atoms with van der Waals surface area (Å²) in [6, 6.07) is 0. The fourth-order valence-electron chi connectivity index (χ4n) is 1.43. The zero-order valence-corrected chi connectivity index (χ0v) is 9.99. The summed E-state index contributed by atoms with van der Waals surface area (Å²) in [5, 5.41) is 25.7. The molecule has 0 aromatic carbocycles. The van der Waals surface area contributed by atoms with E-state index in [1.54, 1.807) is 0 Å². The van der Waals surface area contributed by atoms with Gasteiger partial charge in [-0.15, -0.1) is 0 Å². The Labute approximate surface area is 101 Å². The lowest BCUT2D eigenvalue weighted by molar-refractivity contribution is -0.143. The fourth-order valence-corrected chi connectivity index (χ4v) is 2.57. The highest BCUT2D eigenvalue weighted by Gasteiger charge is 2.41. The zero-order chi connectivity index (χ0) is 14.5. The van der Waals surface area contributed by atoms with Gasteiger partial charge >= 0.3 is 25.5 Å². The van der Waals surface area contributed by atoms with E-state index in [2.05, 4.69) is 0 Å². The summed E-state index contributed by atoms with van der Waals surface area (Å²) in [5.41, 5.74) is -1.94. The Morgan fingerprint density at radius 2 is 1.50 bits per heavy atom. The van der Waals surface area contributed by atoms with Gasteiger partial charge in [0.2, 0.25) is 0 Å². The first-order valence-corrected chi connectivity index (χ1v) is 6.45. The van der Waals surface area contributed by atoms with Crippen molar-refractivity contribution in [3.05, 3.63) is 0 Å². The van der Waals surface area contributed by atoms with E-state index in [9.17, 15) is 18.9 Å². The normalized spacial score (nSPS) is 14.8. The Bertz CT molecular complexity index is 384. The van der Waals surface area contributed by atoms with Crippen LogP contribution in [0.1, 0.15) is 19.3 Å². The van der Waals surface area contributed by atoms with Gasteiger partial charge in [0.25, 0.3) is 0 Å². The Morgan fingerprint density at radius 3 is 1.78 bits per heavy atom. The number of hydrogen-bond acceptors (Lipinski definition) is 4. The van der Waals surface area contributed by atoms with Crippen molar-refractivity contribution in [3.63, 3.8) is 0 Å². The molecule has 0 amide bonds. The SMILES string of the molecule is O=C(O)CCC(C(=O)O)C(CC(=O)O)P(=O)(O)O. The van der Waals surface area contributed by atoms with Gasteiger partial charge in [-0.3, -0.25) is 18.9 Å². The molecule has 0 radical (unpaired) electrons. The molecule has 0 saturated heterocycles. The standard InChI is InChI=1S/C8H13O9P/c9-6(10)2-1-4(8(13)14)5(3-7(11)12)18(15,16)17/h4-5H,1-3H2,(H,9,10)(H,11,12)(H,13,14)(H2,15,16,17). The highest BCUT2D eigenvalue weighted by atomic mass is 31.2. The van der Waals surface area contributed by atoms with Crippen LogP contribution in [0.2, 0.25) is 0 Å². The molecule has 0 aliphatic carbocycles. The molecule has 0 aromatic heterocycles. The molecule has 0 heterocycles. The third-order valence-corrected chi connectivity index (χ3v) is 3.67. The number of carbonyl (C=O) groups is 3. The Hall–Kier alpha value is -1.44. The van der Waals surface area contributed by atoms with E-state index < -0.39 is 56.3 Å². The van der Waals surface area contributed by atoms with Crippen molar-refractivity contribution in [3.8, 4) is 0 Å². The number of hydrogen-bond donors (Lipinski definition) is 5. The Balaban J connectivity index is 5.10. The van der Waals surface area contributed by atoms with Crippen LogP contribution in [-0.2, 0) is 18.9 Å². The molecule has 0 aromatic rings. The summed E-state index contributed by atoms with van der Waals surface area (Å²) in [4.78, 5) is 49.5.